The fraction of sp³-hybridized carbons (Fsp3) is 0.538. The number of hydrogen-bond donors (Lipinski definition) is 1. The maximum atomic E-state index is 6.17. The summed E-state index contributed by atoms with van der Waals surface area (Å²) < 4.78 is 11.2. The summed E-state index contributed by atoms with van der Waals surface area (Å²) in [5.74, 6) is 2.47. The van der Waals surface area contributed by atoms with Crippen LogP contribution in [0.3, 0.4) is 0 Å². The lowest BCUT2D eigenvalue weighted by atomic mass is 9.95. The summed E-state index contributed by atoms with van der Waals surface area (Å²) in [7, 11) is 1.67. The molecular formula is C13H17NO2. The molecule has 2 aliphatic rings. The molecule has 1 aromatic carbocycles. The van der Waals surface area contributed by atoms with Crippen molar-refractivity contribution in [1.29, 1.82) is 0 Å². The standard InChI is InChI=1S/C13H17NO2/c1-15-9-4-5-10-11(14)7-12(8-2-3-8)16-13(10)6-9/h4-6,8,11-12H,2-3,7,14H2,1H3/t11-,12-/m0/s1. The van der Waals surface area contributed by atoms with Gasteiger partial charge in [0, 0.05) is 24.1 Å². The lowest BCUT2D eigenvalue weighted by molar-refractivity contribution is 0.137. The van der Waals surface area contributed by atoms with E-state index in [2.05, 4.69) is 0 Å². The molecule has 0 radical (unpaired) electrons. The summed E-state index contributed by atoms with van der Waals surface area (Å²) in [6.45, 7) is 0. The Labute approximate surface area is 95.5 Å². The fourth-order valence-electron chi connectivity index (χ4n) is 2.40. The predicted octanol–water partition coefficient (Wildman–Crippen LogP) is 2.26. The van der Waals surface area contributed by atoms with E-state index in [0.717, 1.165) is 29.4 Å². The maximum Gasteiger partial charge on any atom is 0.128 e. The molecule has 1 aliphatic carbocycles. The molecule has 1 aliphatic heterocycles. The van der Waals surface area contributed by atoms with Crippen molar-refractivity contribution in [2.24, 2.45) is 11.7 Å². The van der Waals surface area contributed by atoms with Gasteiger partial charge in [0.1, 0.15) is 17.6 Å². The molecule has 0 bridgehead atoms. The predicted molar refractivity (Wildman–Crippen MR) is 61.7 cm³/mol. The lowest BCUT2D eigenvalue weighted by Crippen LogP contribution is -2.30. The lowest BCUT2D eigenvalue weighted by Gasteiger charge is -2.30. The summed E-state index contributed by atoms with van der Waals surface area (Å²) in [6.07, 6.45) is 3.84. The van der Waals surface area contributed by atoms with Crippen molar-refractivity contribution < 1.29 is 9.47 Å². The van der Waals surface area contributed by atoms with Crippen LogP contribution in [0, 0.1) is 5.92 Å². The highest BCUT2D eigenvalue weighted by Crippen LogP contribution is 2.44. The van der Waals surface area contributed by atoms with E-state index in [1.165, 1.54) is 12.8 Å². The van der Waals surface area contributed by atoms with Gasteiger partial charge >= 0.3 is 0 Å². The monoisotopic (exact) mass is 219 g/mol. The smallest absolute Gasteiger partial charge is 0.128 e. The Bertz CT molecular complexity index is 401. The minimum absolute atomic E-state index is 0.111. The fourth-order valence-corrected chi connectivity index (χ4v) is 2.40. The van der Waals surface area contributed by atoms with Crippen LogP contribution in [0.15, 0.2) is 18.2 Å². The summed E-state index contributed by atoms with van der Waals surface area (Å²) in [5.41, 5.74) is 7.28. The van der Waals surface area contributed by atoms with Gasteiger partial charge in [0.15, 0.2) is 0 Å². The molecule has 3 nitrogen and oxygen atoms in total. The molecule has 2 N–H and O–H groups in total. The van der Waals surface area contributed by atoms with Crippen molar-refractivity contribution in [3.05, 3.63) is 23.8 Å². The number of fused-ring (bicyclic) bond motifs is 1. The summed E-state index contributed by atoms with van der Waals surface area (Å²) in [6, 6.07) is 6.02. The molecule has 0 spiro atoms. The quantitative estimate of drug-likeness (QED) is 0.829. The van der Waals surface area contributed by atoms with Crippen LogP contribution < -0.4 is 15.2 Å². The highest BCUT2D eigenvalue weighted by atomic mass is 16.5. The van der Waals surface area contributed by atoms with Crippen molar-refractivity contribution in [1.82, 2.24) is 0 Å². The Morgan fingerprint density at radius 3 is 2.88 bits per heavy atom. The Morgan fingerprint density at radius 2 is 2.19 bits per heavy atom. The van der Waals surface area contributed by atoms with Crippen LogP contribution in [0.25, 0.3) is 0 Å². The van der Waals surface area contributed by atoms with Gasteiger partial charge < -0.3 is 15.2 Å². The highest BCUT2D eigenvalue weighted by molar-refractivity contribution is 5.44. The van der Waals surface area contributed by atoms with Gasteiger partial charge in [-0.05, 0) is 24.8 Å². The van der Waals surface area contributed by atoms with Crippen LogP contribution >= 0.6 is 0 Å². The van der Waals surface area contributed by atoms with Crippen LogP contribution in [-0.2, 0) is 0 Å². The van der Waals surface area contributed by atoms with Gasteiger partial charge in [0.05, 0.1) is 7.11 Å². The average Bonchev–Trinajstić information content (AvgIpc) is 3.12. The van der Waals surface area contributed by atoms with Crippen molar-refractivity contribution in [3.8, 4) is 11.5 Å². The molecule has 0 saturated heterocycles. The maximum absolute atomic E-state index is 6.17. The number of nitrogens with two attached hydrogens (primary N) is 1. The largest absolute Gasteiger partial charge is 0.497 e. The van der Waals surface area contributed by atoms with Crippen LogP contribution in [0.4, 0.5) is 0 Å². The SMILES string of the molecule is COc1ccc2c(c1)O[C@H](C1CC1)C[C@@H]2N. The van der Waals surface area contributed by atoms with Gasteiger partial charge in [0.2, 0.25) is 0 Å². The van der Waals surface area contributed by atoms with Crippen molar-refractivity contribution in [2.45, 2.75) is 31.4 Å². The van der Waals surface area contributed by atoms with Crippen LogP contribution in [-0.4, -0.2) is 13.2 Å². The van der Waals surface area contributed by atoms with E-state index < -0.39 is 0 Å². The van der Waals surface area contributed by atoms with Gasteiger partial charge in [-0.3, -0.25) is 0 Å². The molecule has 3 heteroatoms. The van der Waals surface area contributed by atoms with Crippen molar-refractivity contribution in [3.63, 3.8) is 0 Å². The third kappa shape index (κ3) is 1.65. The second-order valence-electron chi connectivity index (χ2n) is 4.74. The molecule has 0 unspecified atom stereocenters. The average molecular weight is 219 g/mol. The first kappa shape index (κ1) is 9.97. The van der Waals surface area contributed by atoms with Crippen LogP contribution in [0.1, 0.15) is 30.9 Å². The van der Waals surface area contributed by atoms with Crippen molar-refractivity contribution in [2.75, 3.05) is 7.11 Å². The van der Waals surface area contributed by atoms with Gasteiger partial charge in [-0.25, -0.2) is 0 Å². The second kappa shape index (κ2) is 3.67. The normalized spacial score (nSPS) is 28.1. The minimum Gasteiger partial charge on any atom is -0.497 e. The minimum atomic E-state index is 0.111. The molecule has 0 amide bonds. The molecular weight excluding hydrogens is 202 g/mol. The zero-order chi connectivity index (χ0) is 11.1. The topological polar surface area (TPSA) is 44.5 Å². The highest BCUT2D eigenvalue weighted by Gasteiger charge is 2.37. The number of rotatable bonds is 2. The first-order valence-electron chi connectivity index (χ1n) is 5.88. The second-order valence-corrected chi connectivity index (χ2v) is 4.74. The molecule has 0 aromatic heterocycles. The molecule has 2 atom stereocenters. The molecule has 3 rings (SSSR count). The van der Waals surface area contributed by atoms with E-state index in [1.807, 2.05) is 18.2 Å². The Morgan fingerprint density at radius 1 is 1.38 bits per heavy atom. The van der Waals surface area contributed by atoms with Gasteiger partial charge in [0.25, 0.3) is 0 Å². The number of benzene rings is 1. The zero-order valence-electron chi connectivity index (χ0n) is 9.48. The molecule has 1 saturated carbocycles. The summed E-state index contributed by atoms with van der Waals surface area (Å²) in [5, 5.41) is 0. The molecule has 1 aromatic rings. The number of hydrogen-bond acceptors (Lipinski definition) is 3. The van der Waals surface area contributed by atoms with E-state index >= 15 is 0 Å². The first-order chi connectivity index (χ1) is 7.78. The van der Waals surface area contributed by atoms with Gasteiger partial charge in [-0.15, -0.1) is 0 Å². The molecule has 16 heavy (non-hydrogen) atoms. The third-order valence-corrected chi connectivity index (χ3v) is 3.53. The number of methoxy groups -OCH3 is 1. The Kier molecular flexibility index (Phi) is 2.28. The molecule has 86 valence electrons. The van der Waals surface area contributed by atoms with E-state index in [4.69, 9.17) is 15.2 Å². The van der Waals surface area contributed by atoms with Crippen LogP contribution in [0.5, 0.6) is 11.5 Å². The van der Waals surface area contributed by atoms with Gasteiger partial charge in [-0.2, -0.15) is 0 Å². The Balaban J connectivity index is 1.91. The number of ether oxygens (including phenoxy) is 2. The zero-order valence-corrected chi connectivity index (χ0v) is 9.48. The first-order valence-corrected chi connectivity index (χ1v) is 5.88. The van der Waals surface area contributed by atoms with Crippen molar-refractivity contribution >= 4 is 0 Å². The Hall–Kier alpha value is -1.22. The third-order valence-electron chi connectivity index (χ3n) is 3.53. The van der Waals surface area contributed by atoms with E-state index in [1.54, 1.807) is 7.11 Å². The van der Waals surface area contributed by atoms with E-state index in [9.17, 15) is 0 Å². The van der Waals surface area contributed by atoms with Gasteiger partial charge in [-0.1, -0.05) is 6.07 Å². The summed E-state index contributed by atoms with van der Waals surface area (Å²) >= 11 is 0. The van der Waals surface area contributed by atoms with E-state index in [0.29, 0.717) is 6.10 Å². The summed E-state index contributed by atoms with van der Waals surface area (Å²) in [4.78, 5) is 0. The van der Waals surface area contributed by atoms with E-state index in [-0.39, 0.29) is 6.04 Å². The van der Waals surface area contributed by atoms with Crippen LogP contribution in [0.2, 0.25) is 0 Å². The molecule has 1 heterocycles. The molecule has 1 fully saturated rings.